The summed E-state index contributed by atoms with van der Waals surface area (Å²) in [7, 11) is 0. The highest BCUT2D eigenvalue weighted by Crippen LogP contribution is 2.39. The molecule has 2 N–H and O–H groups in total. The molecule has 2 aromatic rings. The predicted octanol–water partition coefficient (Wildman–Crippen LogP) is 3.65. The number of aliphatic hydroxyl groups is 1. The van der Waals surface area contributed by atoms with E-state index in [4.69, 9.17) is 11.6 Å². The number of carbonyl (C=O) groups excluding carboxylic acids is 1. The van der Waals surface area contributed by atoms with Crippen LogP contribution >= 0.6 is 11.6 Å². The number of benzene rings is 2. The molecule has 0 spiro atoms. The lowest BCUT2D eigenvalue weighted by Gasteiger charge is -2.18. The number of aliphatic hydroxyl groups excluding tert-OH is 1. The maximum absolute atomic E-state index is 12.0. The van der Waals surface area contributed by atoms with Crippen LogP contribution in [0.25, 0.3) is 0 Å². The van der Waals surface area contributed by atoms with E-state index in [-0.39, 0.29) is 5.91 Å². The van der Waals surface area contributed by atoms with Gasteiger partial charge in [0.05, 0.1) is 5.41 Å². The van der Waals surface area contributed by atoms with Crippen LogP contribution in [0.5, 0.6) is 0 Å². The maximum atomic E-state index is 12.0. The first-order valence-electron chi connectivity index (χ1n) is 6.79. The molecule has 2 aromatic carbocycles. The molecule has 108 valence electrons. The number of rotatable bonds is 2. The molecule has 1 heterocycles. The van der Waals surface area contributed by atoms with Gasteiger partial charge in [-0.1, -0.05) is 29.8 Å². The van der Waals surface area contributed by atoms with Crippen molar-refractivity contribution in [2.75, 3.05) is 5.32 Å². The molecule has 0 saturated heterocycles. The second-order valence-electron chi connectivity index (χ2n) is 5.84. The van der Waals surface area contributed by atoms with E-state index >= 15 is 0 Å². The van der Waals surface area contributed by atoms with Crippen LogP contribution in [0.1, 0.15) is 36.6 Å². The van der Waals surface area contributed by atoms with Gasteiger partial charge in [-0.3, -0.25) is 4.79 Å². The van der Waals surface area contributed by atoms with E-state index in [9.17, 15) is 9.90 Å². The fourth-order valence-electron chi connectivity index (χ4n) is 2.63. The van der Waals surface area contributed by atoms with E-state index in [0.717, 1.165) is 22.4 Å². The van der Waals surface area contributed by atoms with Gasteiger partial charge in [0.2, 0.25) is 5.91 Å². The van der Waals surface area contributed by atoms with Gasteiger partial charge in [0.25, 0.3) is 0 Å². The fraction of sp³-hybridized carbons (Fsp3) is 0.235. The van der Waals surface area contributed by atoms with Gasteiger partial charge >= 0.3 is 0 Å². The quantitative estimate of drug-likeness (QED) is 0.889. The van der Waals surface area contributed by atoms with Crippen molar-refractivity contribution in [1.29, 1.82) is 0 Å². The summed E-state index contributed by atoms with van der Waals surface area (Å²) in [6, 6.07) is 12.7. The normalized spacial score (nSPS) is 17.2. The SMILES string of the molecule is CC1(C)C(=O)Nc2ccc(C(O)c3cccc(Cl)c3)cc21. The lowest BCUT2D eigenvalue weighted by molar-refractivity contribution is -0.119. The van der Waals surface area contributed by atoms with Gasteiger partial charge in [-0.05, 0) is 54.8 Å². The molecule has 0 radical (unpaired) electrons. The minimum Gasteiger partial charge on any atom is -0.384 e. The number of fused-ring (bicyclic) bond motifs is 1. The summed E-state index contributed by atoms with van der Waals surface area (Å²) in [5.74, 6) is -0.0214. The molecular weight excluding hydrogens is 286 g/mol. The van der Waals surface area contributed by atoms with Crippen molar-refractivity contribution in [1.82, 2.24) is 0 Å². The Morgan fingerprint density at radius 2 is 1.86 bits per heavy atom. The lowest BCUT2D eigenvalue weighted by atomic mass is 9.84. The monoisotopic (exact) mass is 301 g/mol. The van der Waals surface area contributed by atoms with Crippen molar-refractivity contribution in [3.8, 4) is 0 Å². The third kappa shape index (κ3) is 2.33. The maximum Gasteiger partial charge on any atom is 0.234 e. The zero-order chi connectivity index (χ0) is 15.2. The highest BCUT2D eigenvalue weighted by Gasteiger charge is 2.38. The summed E-state index contributed by atoms with van der Waals surface area (Å²) in [6.07, 6.45) is -0.763. The van der Waals surface area contributed by atoms with Crippen LogP contribution in [0.3, 0.4) is 0 Å². The molecule has 0 bridgehead atoms. The Bertz CT molecular complexity index is 724. The standard InChI is InChI=1S/C17H16ClNO2/c1-17(2)13-9-11(6-7-14(13)19-16(17)21)15(20)10-4-3-5-12(18)8-10/h3-9,15,20H,1-2H3,(H,19,21). The van der Waals surface area contributed by atoms with Crippen molar-refractivity contribution >= 4 is 23.2 Å². The molecule has 4 heteroatoms. The second-order valence-corrected chi connectivity index (χ2v) is 6.28. The minimum atomic E-state index is -0.763. The van der Waals surface area contributed by atoms with Crippen LogP contribution < -0.4 is 5.32 Å². The van der Waals surface area contributed by atoms with Gasteiger partial charge in [0, 0.05) is 10.7 Å². The van der Waals surface area contributed by atoms with Gasteiger partial charge in [-0.25, -0.2) is 0 Å². The molecule has 1 aliphatic heterocycles. The van der Waals surface area contributed by atoms with Crippen molar-refractivity contribution in [3.05, 3.63) is 64.2 Å². The van der Waals surface area contributed by atoms with Gasteiger partial charge in [0.1, 0.15) is 6.10 Å². The number of amides is 1. The van der Waals surface area contributed by atoms with Crippen molar-refractivity contribution in [3.63, 3.8) is 0 Å². The van der Waals surface area contributed by atoms with E-state index in [2.05, 4.69) is 5.32 Å². The van der Waals surface area contributed by atoms with E-state index < -0.39 is 11.5 Å². The van der Waals surface area contributed by atoms with E-state index in [0.29, 0.717) is 5.02 Å². The molecule has 1 unspecified atom stereocenters. The highest BCUT2D eigenvalue weighted by molar-refractivity contribution is 6.30. The predicted molar refractivity (Wildman–Crippen MR) is 83.6 cm³/mol. The van der Waals surface area contributed by atoms with Crippen molar-refractivity contribution in [2.45, 2.75) is 25.4 Å². The highest BCUT2D eigenvalue weighted by atomic mass is 35.5. The van der Waals surface area contributed by atoms with Gasteiger partial charge in [-0.2, -0.15) is 0 Å². The smallest absolute Gasteiger partial charge is 0.234 e. The summed E-state index contributed by atoms with van der Waals surface area (Å²) in [6.45, 7) is 3.76. The molecule has 3 rings (SSSR count). The minimum absolute atomic E-state index is 0.0214. The van der Waals surface area contributed by atoms with Gasteiger partial charge < -0.3 is 10.4 Å². The largest absolute Gasteiger partial charge is 0.384 e. The Morgan fingerprint density at radius 1 is 1.14 bits per heavy atom. The first kappa shape index (κ1) is 14.1. The number of halogens is 1. The zero-order valence-electron chi connectivity index (χ0n) is 11.9. The van der Waals surface area contributed by atoms with E-state index in [1.165, 1.54) is 0 Å². The molecule has 0 fully saturated rings. The molecule has 1 aliphatic rings. The number of carbonyl (C=O) groups is 1. The average Bonchev–Trinajstić information content (AvgIpc) is 2.68. The lowest BCUT2D eigenvalue weighted by Crippen LogP contribution is -2.26. The number of anilines is 1. The van der Waals surface area contributed by atoms with Gasteiger partial charge in [-0.15, -0.1) is 0 Å². The van der Waals surface area contributed by atoms with Crippen LogP contribution in [0.2, 0.25) is 5.02 Å². The third-order valence-electron chi connectivity index (χ3n) is 4.01. The van der Waals surface area contributed by atoms with Gasteiger partial charge in [0.15, 0.2) is 0 Å². The Morgan fingerprint density at radius 3 is 2.57 bits per heavy atom. The molecule has 21 heavy (non-hydrogen) atoms. The molecule has 1 atom stereocenters. The summed E-state index contributed by atoms with van der Waals surface area (Å²) in [4.78, 5) is 12.0. The van der Waals surface area contributed by atoms with Crippen molar-refractivity contribution in [2.24, 2.45) is 0 Å². The molecular formula is C17H16ClNO2. The van der Waals surface area contributed by atoms with E-state index in [1.807, 2.05) is 44.2 Å². The first-order chi connectivity index (χ1) is 9.89. The van der Waals surface area contributed by atoms with Crippen LogP contribution in [0.4, 0.5) is 5.69 Å². The van der Waals surface area contributed by atoms with Crippen LogP contribution in [-0.4, -0.2) is 11.0 Å². The Kier molecular flexibility index (Phi) is 3.27. The average molecular weight is 302 g/mol. The fourth-order valence-corrected chi connectivity index (χ4v) is 2.83. The molecule has 0 aliphatic carbocycles. The molecule has 0 aromatic heterocycles. The van der Waals surface area contributed by atoms with Crippen LogP contribution in [-0.2, 0) is 10.2 Å². The third-order valence-corrected chi connectivity index (χ3v) is 4.25. The second kappa shape index (κ2) is 4.86. The summed E-state index contributed by atoms with van der Waals surface area (Å²) >= 11 is 5.97. The molecule has 3 nitrogen and oxygen atoms in total. The topological polar surface area (TPSA) is 49.3 Å². The van der Waals surface area contributed by atoms with Crippen LogP contribution in [0.15, 0.2) is 42.5 Å². The Hall–Kier alpha value is -1.84. The Balaban J connectivity index is 2.02. The zero-order valence-corrected chi connectivity index (χ0v) is 12.6. The van der Waals surface area contributed by atoms with Crippen LogP contribution in [0, 0.1) is 0 Å². The summed E-state index contributed by atoms with van der Waals surface area (Å²) in [5.41, 5.74) is 2.62. The van der Waals surface area contributed by atoms with E-state index in [1.54, 1.807) is 12.1 Å². The number of hydrogen-bond donors (Lipinski definition) is 2. The molecule has 1 amide bonds. The Labute approximate surface area is 128 Å². The molecule has 0 saturated carbocycles. The summed E-state index contributed by atoms with van der Waals surface area (Å²) in [5, 5.41) is 14.0. The van der Waals surface area contributed by atoms with Crippen molar-refractivity contribution < 1.29 is 9.90 Å². The first-order valence-corrected chi connectivity index (χ1v) is 7.17. The number of hydrogen-bond acceptors (Lipinski definition) is 2. The summed E-state index contributed by atoms with van der Waals surface area (Å²) < 4.78 is 0. The number of nitrogens with one attached hydrogen (secondary N) is 1.